The molecule has 0 radical (unpaired) electrons. The molecule has 81 heavy (non-hydrogen) atoms. The minimum atomic E-state index is -0.837. The monoisotopic (exact) mass is 1140 g/mol. The third-order valence-electron chi connectivity index (χ3n) is 17.5. The van der Waals surface area contributed by atoms with Crippen molar-refractivity contribution in [1.82, 2.24) is 5.32 Å². The van der Waals surface area contributed by atoms with Gasteiger partial charge in [0.25, 0.3) is 0 Å². The fraction of sp³-hybridized carbons (Fsp3) is 0.920. The molecule has 0 saturated heterocycles. The minimum Gasteiger partial charge on any atom is -0.466 e. The molecule has 3 N–H and O–H groups in total. The van der Waals surface area contributed by atoms with E-state index in [2.05, 4.69) is 31.3 Å². The first-order chi connectivity index (χ1) is 40.0. The van der Waals surface area contributed by atoms with Crippen molar-refractivity contribution in [3.05, 3.63) is 24.3 Å². The molecular weight excluding hydrogens is 995 g/mol. The van der Waals surface area contributed by atoms with Gasteiger partial charge in [-0.05, 0) is 57.8 Å². The topological polar surface area (TPSA) is 95.9 Å². The summed E-state index contributed by atoms with van der Waals surface area (Å²) in [6.45, 7) is 4.90. The van der Waals surface area contributed by atoms with Crippen LogP contribution in [0.5, 0.6) is 0 Å². The first-order valence-corrected chi connectivity index (χ1v) is 37.1. The lowest BCUT2D eigenvalue weighted by molar-refractivity contribution is -0.143. The Kier molecular flexibility index (Phi) is 69.4. The quantitative estimate of drug-likeness (QED) is 0.0320. The number of carbonyl (C=O) groups excluding carboxylic acids is 2. The van der Waals surface area contributed by atoms with E-state index in [4.69, 9.17) is 4.74 Å². The van der Waals surface area contributed by atoms with Gasteiger partial charge in [0, 0.05) is 12.8 Å². The van der Waals surface area contributed by atoms with E-state index in [1.807, 2.05) is 6.08 Å². The second kappa shape index (κ2) is 70.8. The van der Waals surface area contributed by atoms with Crippen molar-refractivity contribution >= 4 is 11.9 Å². The van der Waals surface area contributed by atoms with Gasteiger partial charge in [-0.25, -0.2) is 0 Å². The minimum absolute atomic E-state index is 0.0170. The lowest BCUT2D eigenvalue weighted by atomic mass is 10.0. The van der Waals surface area contributed by atoms with Crippen LogP contribution in [-0.4, -0.2) is 47.4 Å². The summed E-state index contributed by atoms with van der Waals surface area (Å²) < 4.78 is 5.50. The van der Waals surface area contributed by atoms with Gasteiger partial charge in [0.2, 0.25) is 5.91 Å². The van der Waals surface area contributed by atoms with Gasteiger partial charge < -0.3 is 20.3 Å². The molecule has 2 atom stereocenters. The highest BCUT2D eigenvalue weighted by Gasteiger charge is 2.18. The highest BCUT2D eigenvalue weighted by atomic mass is 16.5. The molecule has 0 aromatic heterocycles. The van der Waals surface area contributed by atoms with E-state index in [-0.39, 0.29) is 18.5 Å². The van der Waals surface area contributed by atoms with Crippen molar-refractivity contribution in [3.63, 3.8) is 0 Å². The molecule has 0 bridgehead atoms. The standard InChI is InChI=1S/C75H145NO5/c1-3-5-7-9-11-13-14-15-16-43-46-49-53-57-61-65-69-75(80)81-70-66-62-58-54-50-47-44-41-39-37-35-33-31-29-27-25-23-21-19-17-18-20-22-24-26-28-30-32-34-36-38-40-42-45-48-52-56-60-64-68-74(79)76-72(71-77)73(78)67-63-59-55-51-12-10-8-6-4-2/h16,43,63,67,72-73,77-78H,3-15,17-42,44-62,64-66,68-71H2,1-2H3,(H,76,79)/b43-16-,67-63+. The molecule has 0 saturated carbocycles. The first-order valence-electron chi connectivity index (χ1n) is 37.1. The molecule has 0 fully saturated rings. The molecule has 0 aliphatic heterocycles. The van der Waals surface area contributed by atoms with Gasteiger partial charge in [-0.15, -0.1) is 0 Å². The molecule has 6 nitrogen and oxygen atoms in total. The summed E-state index contributed by atoms with van der Waals surface area (Å²) in [5.74, 6) is -0.0458. The van der Waals surface area contributed by atoms with Crippen molar-refractivity contribution in [2.75, 3.05) is 13.2 Å². The average molecular weight is 1140 g/mol. The summed E-state index contributed by atoms with van der Waals surface area (Å²) >= 11 is 0. The maximum atomic E-state index is 12.4. The number of rotatable bonds is 70. The van der Waals surface area contributed by atoms with Gasteiger partial charge in [-0.2, -0.15) is 0 Å². The van der Waals surface area contributed by atoms with Crippen LogP contribution in [0.3, 0.4) is 0 Å². The molecule has 0 aliphatic rings. The number of esters is 1. The molecule has 480 valence electrons. The third kappa shape index (κ3) is 67.3. The molecule has 0 aromatic rings. The fourth-order valence-corrected chi connectivity index (χ4v) is 11.8. The maximum absolute atomic E-state index is 12.4. The lowest BCUT2D eigenvalue weighted by Crippen LogP contribution is -2.45. The fourth-order valence-electron chi connectivity index (χ4n) is 11.8. The Morgan fingerprint density at radius 3 is 0.877 bits per heavy atom. The Morgan fingerprint density at radius 1 is 0.333 bits per heavy atom. The Hall–Kier alpha value is -1.66. The van der Waals surface area contributed by atoms with Crippen LogP contribution in [0.25, 0.3) is 0 Å². The number of aliphatic hydroxyl groups is 2. The second-order valence-electron chi connectivity index (χ2n) is 25.6. The molecule has 1 amide bonds. The number of carbonyl (C=O) groups is 2. The maximum Gasteiger partial charge on any atom is 0.305 e. The van der Waals surface area contributed by atoms with Crippen LogP contribution in [0.15, 0.2) is 24.3 Å². The summed E-state index contributed by atoms with van der Waals surface area (Å²) in [4.78, 5) is 24.5. The largest absolute Gasteiger partial charge is 0.466 e. The predicted molar refractivity (Wildman–Crippen MR) is 356 cm³/mol. The number of aliphatic hydroxyl groups excluding tert-OH is 2. The van der Waals surface area contributed by atoms with Crippen LogP contribution in [0, 0.1) is 0 Å². The number of ether oxygens (including phenoxy) is 1. The van der Waals surface area contributed by atoms with E-state index in [1.165, 1.54) is 347 Å². The highest BCUT2D eigenvalue weighted by molar-refractivity contribution is 5.76. The van der Waals surface area contributed by atoms with Crippen LogP contribution in [0.4, 0.5) is 0 Å². The molecule has 0 aliphatic carbocycles. The van der Waals surface area contributed by atoms with Crippen molar-refractivity contribution in [3.8, 4) is 0 Å². The SMILES string of the molecule is CCCCCCCCC/C=C\CCCCCCCC(=O)OCCCCCCCCCCCCCCCCCCCCCCCCCCCCCCCCCCCCCCCCCC(=O)NC(CO)C(O)/C=C/CCCCCCCCC. The van der Waals surface area contributed by atoms with Gasteiger partial charge in [0.1, 0.15) is 0 Å². The van der Waals surface area contributed by atoms with Gasteiger partial charge in [0.15, 0.2) is 0 Å². The molecule has 0 rings (SSSR count). The summed E-state index contributed by atoms with van der Waals surface area (Å²) in [6.07, 6.45) is 90.3. The van der Waals surface area contributed by atoms with E-state index >= 15 is 0 Å². The molecule has 0 spiro atoms. The summed E-state index contributed by atoms with van der Waals surface area (Å²) in [7, 11) is 0. The molecule has 0 aromatic carbocycles. The number of allylic oxidation sites excluding steroid dienone is 3. The first kappa shape index (κ1) is 79.3. The number of unbranched alkanes of at least 4 members (excludes halogenated alkanes) is 57. The second-order valence-corrected chi connectivity index (χ2v) is 25.6. The van der Waals surface area contributed by atoms with Crippen molar-refractivity contribution in [2.45, 2.75) is 431 Å². The van der Waals surface area contributed by atoms with Crippen LogP contribution < -0.4 is 5.32 Å². The van der Waals surface area contributed by atoms with E-state index in [1.54, 1.807) is 6.08 Å². The summed E-state index contributed by atoms with van der Waals surface area (Å²) in [5.41, 5.74) is 0. The Morgan fingerprint density at radius 2 is 0.580 bits per heavy atom. The Bertz CT molecular complexity index is 1270. The molecule has 2 unspecified atom stereocenters. The van der Waals surface area contributed by atoms with Crippen LogP contribution in [0.1, 0.15) is 418 Å². The zero-order valence-electron chi connectivity index (χ0n) is 55.0. The number of nitrogens with one attached hydrogen (secondary N) is 1. The van der Waals surface area contributed by atoms with E-state index in [0.717, 1.165) is 44.9 Å². The van der Waals surface area contributed by atoms with E-state index in [0.29, 0.717) is 19.4 Å². The van der Waals surface area contributed by atoms with Gasteiger partial charge in [0.05, 0.1) is 25.4 Å². The summed E-state index contributed by atoms with van der Waals surface area (Å²) in [5, 5.41) is 23.0. The van der Waals surface area contributed by atoms with Crippen LogP contribution in [0.2, 0.25) is 0 Å². The van der Waals surface area contributed by atoms with Crippen molar-refractivity contribution in [2.24, 2.45) is 0 Å². The van der Waals surface area contributed by atoms with Gasteiger partial charge in [-0.1, -0.05) is 372 Å². The van der Waals surface area contributed by atoms with Crippen molar-refractivity contribution in [1.29, 1.82) is 0 Å². The molecule has 0 heterocycles. The molecule has 6 heteroatoms. The van der Waals surface area contributed by atoms with Crippen LogP contribution in [-0.2, 0) is 14.3 Å². The zero-order valence-corrected chi connectivity index (χ0v) is 55.0. The number of amides is 1. The lowest BCUT2D eigenvalue weighted by Gasteiger charge is -2.20. The summed E-state index contributed by atoms with van der Waals surface area (Å²) in [6, 6.07) is -0.620. The van der Waals surface area contributed by atoms with Gasteiger partial charge >= 0.3 is 5.97 Å². The number of hydrogen-bond acceptors (Lipinski definition) is 5. The van der Waals surface area contributed by atoms with Crippen LogP contribution >= 0.6 is 0 Å². The van der Waals surface area contributed by atoms with Crippen molar-refractivity contribution < 1.29 is 24.5 Å². The normalized spacial score (nSPS) is 12.6. The smallest absolute Gasteiger partial charge is 0.305 e. The Balaban J connectivity index is 3.26. The molecular formula is C75H145NO5. The van der Waals surface area contributed by atoms with Gasteiger partial charge in [-0.3, -0.25) is 9.59 Å². The highest BCUT2D eigenvalue weighted by Crippen LogP contribution is 2.19. The average Bonchev–Trinajstić information content (AvgIpc) is 3.47. The predicted octanol–water partition coefficient (Wildman–Crippen LogP) is 24.1. The number of hydrogen-bond donors (Lipinski definition) is 3. The van der Waals surface area contributed by atoms with E-state index < -0.39 is 12.1 Å². The zero-order chi connectivity index (χ0) is 58.5. The third-order valence-corrected chi connectivity index (χ3v) is 17.5. The Labute approximate surface area is 507 Å². The van der Waals surface area contributed by atoms with E-state index in [9.17, 15) is 19.8 Å².